The predicted molar refractivity (Wildman–Crippen MR) is 150 cm³/mol. The van der Waals surface area contributed by atoms with Crippen LogP contribution >= 0.6 is 24.0 Å². The molecule has 2 aromatic heterocycles. The van der Waals surface area contributed by atoms with Crippen LogP contribution in [0.1, 0.15) is 30.0 Å². The first-order chi connectivity index (χ1) is 17.4. The van der Waals surface area contributed by atoms with E-state index in [0.717, 1.165) is 44.7 Å². The Balaban J connectivity index is 1.49. The molecule has 2 saturated heterocycles. The Hall–Kier alpha value is -3.01. The second-order valence-electron chi connectivity index (χ2n) is 9.17. The van der Waals surface area contributed by atoms with Gasteiger partial charge in [0.1, 0.15) is 15.8 Å². The molecule has 2 aliphatic heterocycles. The fourth-order valence-electron chi connectivity index (χ4n) is 4.62. The van der Waals surface area contributed by atoms with Gasteiger partial charge in [-0.1, -0.05) is 67.3 Å². The van der Waals surface area contributed by atoms with Crippen LogP contribution in [0, 0.1) is 6.92 Å². The zero-order chi connectivity index (χ0) is 25.2. The second kappa shape index (κ2) is 10.5. The van der Waals surface area contributed by atoms with Gasteiger partial charge in [0.2, 0.25) is 0 Å². The van der Waals surface area contributed by atoms with Gasteiger partial charge in [-0.25, -0.2) is 4.98 Å². The van der Waals surface area contributed by atoms with E-state index < -0.39 is 0 Å². The summed E-state index contributed by atoms with van der Waals surface area (Å²) in [5.74, 6) is 0.489. The minimum atomic E-state index is -0.175. The third-order valence-corrected chi connectivity index (χ3v) is 7.88. The molecule has 2 fully saturated rings. The highest BCUT2D eigenvalue weighted by atomic mass is 32.2. The number of hydrogen-bond acceptors (Lipinski definition) is 7. The Kier molecular flexibility index (Phi) is 7.22. The molecule has 3 aromatic rings. The van der Waals surface area contributed by atoms with Crippen molar-refractivity contribution in [3.8, 4) is 0 Å². The highest BCUT2D eigenvalue weighted by Crippen LogP contribution is 2.33. The summed E-state index contributed by atoms with van der Waals surface area (Å²) in [6.07, 6.45) is 4.31. The molecule has 7 nitrogen and oxygen atoms in total. The first kappa shape index (κ1) is 24.7. The molecule has 0 spiro atoms. The van der Waals surface area contributed by atoms with E-state index in [1.54, 1.807) is 21.6 Å². The molecular formula is C27H29N5O2S2. The number of aryl methyl sites for hydroxylation is 1. The van der Waals surface area contributed by atoms with Crippen LogP contribution in [0.2, 0.25) is 0 Å². The lowest BCUT2D eigenvalue weighted by molar-refractivity contribution is -0.122. The van der Waals surface area contributed by atoms with Gasteiger partial charge in [-0.05, 0) is 36.6 Å². The average molecular weight is 520 g/mol. The third-order valence-electron chi connectivity index (χ3n) is 6.50. The lowest BCUT2D eigenvalue weighted by atomic mass is 10.2. The van der Waals surface area contributed by atoms with Crippen molar-refractivity contribution in [2.24, 2.45) is 0 Å². The number of aromatic nitrogens is 2. The van der Waals surface area contributed by atoms with Gasteiger partial charge in [0.05, 0.1) is 10.5 Å². The predicted octanol–water partition coefficient (Wildman–Crippen LogP) is 3.94. The largest absolute Gasteiger partial charge is 0.353 e. The molecule has 0 saturated carbocycles. The molecule has 4 heterocycles. The smallest absolute Gasteiger partial charge is 0.267 e. The number of thioether (sulfide) groups is 1. The molecule has 0 unspecified atom stereocenters. The van der Waals surface area contributed by atoms with E-state index in [2.05, 4.69) is 34.1 Å². The van der Waals surface area contributed by atoms with Gasteiger partial charge >= 0.3 is 0 Å². The van der Waals surface area contributed by atoms with Crippen molar-refractivity contribution in [2.75, 3.05) is 37.6 Å². The zero-order valence-electron chi connectivity index (χ0n) is 20.5. The number of pyridine rings is 1. The van der Waals surface area contributed by atoms with Gasteiger partial charge < -0.3 is 4.90 Å². The molecule has 1 amide bonds. The highest BCUT2D eigenvalue weighted by Gasteiger charge is 2.32. The first-order valence-electron chi connectivity index (χ1n) is 12.2. The number of piperazine rings is 1. The second-order valence-corrected chi connectivity index (χ2v) is 10.8. The van der Waals surface area contributed by atoms with Gasteiger partial charge in [-0.2, -0.15) is 0 Å². The van der Waals surface area contributed by atoms with Crippen LogP contribution in [0.3, 0.4) is 0 Å². The van der Waals surface area contributed by atoms with E-state index in [0.29, 0.717) is 32.8 Å². The number of fused-ring (bicyclic) bond motifs is 1. The fourth-order valence-corrected chi connectivity index (χ4v) is 5.91. The number of hydrogen-bond donors (Lipinski definition) is 0. The Morgan fingerprint density at radius 1 is 1.06 bits per heavy atom. The van der Waals surface area contributed by atoms with Crippen molar-refractivity contribution in [3.05, 3.63) is 80.6 Å². The molecule has 36 heavy (non-hydrogen) atoms. The number of amides is 1. The number of thiocarbonyl (C=S) groups is 1. The van der Waals surface area contributed by atoms with Gasteiger partial charge in [0.25, 0.3) is 11.5 Å². The summed E-state index contributed by atoms with van der Waals surface area (Å²) in [6.45, 7) is 8.66. The summed E-state index contributed by atoms with van der Waals surface area (Å²) < 4.78 is 2.11. The molecule has 5 rings (SSSR count). The SMILES string of the molecule is CCCN1C(=O)C(=Cc2c(N3CCN(Cc4ccccc4)CC3)nc3ccc(C)cn3c2=O)SC1=S. The van der Waals surface area contributed by atoms with Crippen molar-refractivity contribution < 1.29 is 4.79 Å². The highest BCUT2D eigenvalue weighted by molar-refractivity contribution is 8.26. The lowest BCUT2D eigenvalue weighted by Crippen LogP contribution is -2.47. The first-order valence-corrected chi connectivity index (χ1v) is 13.5. The van der Waals surface area contributed by atoms with Crippen LogP contribution < -0.4 is 10.5 Å². The maximum absolute atomic E-state index is 13.7. The van der Waals surface area contributed by atoms with E-state index >= 15 is 0 Å². The Labute approximate surface area is 220 Å². The molecule has 2 aliphatic rings. The monoisotopic (exact) mass is 519 g/mol. The zero-order valence-corrected chi connectivity index (χ0v) is 22.1. The summed E-state index contributed by atoms with van der Waals surface area (Å²) in [5, 5.41) is 0. The quantitative estimate of drug-likeness (QED) is 0.361. The average Bonchev–Trinajstić information content (AvgIpc) is 3.15. The summed E-state index contributed by atoms with van der Waals surface area (Å²) in [4.78, 5) is 38.3. The van der Waals surface area contributed by atoms with Crippen LogP contribution in [-0.2, 0) is 11.3 Å². The molecule has 0 bridgehead atoms. The minimum absolute atomic E-state index is 0.140. The summed E-state index contributed by atoms with van der Waals surface area (Å²) in [7, 11) is 0. The fraction of sp³-hybridized carbons (Fsp3) is 0.333. The van der Waals surface area contributed by atoms with Crippen molar-refractivity contribution in [2.45, 2.75) is 26.8 Å². The van der Waals surface area contributed by atoms with Gasteiger partial charge in [-0.3, -0.25) is 23.8 Å². The molecular weight excluding hydrogens is 490 g/mol. The van der Waals surface area contributed by atoms with Crippen LogP contribution in [0.15, 0.2) is 58.4 Å². The maximum atomic E-state index is 13.7. The summed E-state index contributed by atoms with van der Waals surface area (Å²) in [5.41, 5.74) is 3.12. The van der Waals surface area contributed by atoms with E-state index in [1.165, 1.54) is 17.3 Å². The standard InChI is InChI=1S/C27H29N5O2S2/c1-3-11-31-26(34)22(36-27(31)35)16-21-24(28-23-10-9-19(2)17-32(23)25(21)33)30-14-12-29(13-15-30)18-20-7-5-4-6-8-20/h4-10,16-17H,3,11-15,18H2,1-2H3. The van der Waals surface area contributed by atoms with Gasteiger partial charge in [0.15, 0.2) is 0 Å². The summed E-state index contributed by atoms with van der Waals surface area (Å²) in [6, 6.07) is 14.3. The summed E-state index contributed by atoms with van der Waals surface area (Å²) >= 11 is 6.70. The van der Waals surface area contributed by atoms with Crippen LogP contribution in [-0.4, -0.2) is 62.1 Å². The number of benzene rings is 1. The normalized spacial score (nSPS) is 18.1. The Bertz CT molecular complexity index is 1390. The topological polar surface area (TPSA) is 61.2 Å². The number of carbonyl (C=O) groups is 1. The molecule has 1 aromatic carbocycles. The van der Waals surface area contributed by atoms with Gasteiger partial charge in [-0.15, -0.1) is 0 Å². The van der Waals surface area contributed by atoms with Crippen LogP contribution in [0.5, 0.6) is 0 Å². The molecule has 0 radical (unpaired) electrons. The number of rotatable bonds is 6. The number of carbonyl (C=O) groups excluding carboxylic acids is 1. The van der Waals surface area contributed by atoms with E-state index in [4.69, 9.17) is 17.2 Å². The van der Waals surface area contributed by atoms with Gasteiger partial charge in [0, 0.05) is 45.5 Å². The Morgan fingerprint density at radius 2 is 1.81 bits per heavy atom. The number of anilines is 1. The van der Waals surface area contributed by atoms with Crippen molar-refractivity contribution in [3.63, 3.8) is 0 Å². The molecule has 0 N–H and O–H groups in total. The van der Waals surface area contributed by atoms with E-state index in [-0.39, 0.29) is 11.5 Å². The molecule has 0 aliphatic carbocycles. The van der Waals surface area contributed by atoms with E-state index in [9.17, 15) is 9.59 Å². The minimum Gasteiger partial charge on any atom is -0.353 e. The van der Waals surface area contributed by atoms with Crippen molar-refractivity contribution in [1.82, 2.24) is 19.2 Å². The van der Waals surface area contributed by atoms with Crippen molar-refractivity contribution >= 4 is 51.7 Å². The van der Waals surface area contributed by atoms with Crippen LogP contribution in [0.25, 0.3) is 11.7 Å². The van der Waals surface area contributed by atoms with Crippen molar-refractivity contribution in [1.29, 1.82) is 0 Å². The third kappa shape index (κ3) is 4.96. The number of nitrogens with zero attached hydrogens (tertiary/aromatic N) is 5. The van der Waals surface area contributed by atoms with E-state index in [1.807, 2.05) is 32.0 Å². The van der Waals surface area contributed by atoms with Crippen LogP contribution in [0.4, 0.5) is 5.82 Å². The molecule has 9 heteroatoms. The Morgan fingerprint density at radius 3 is 2.53 bits per heavy atom. The molecule has 0 atom stereocenters. The molecule has 186 valence electrons. The lowest BCUT2D eigenvalue weighted by Gasteiger charge is -2.36. The maximum Gasteiger partial charge on any atom is 0.267 e.